The van der Waals surface area contributed by atoms with E-state index in [0.717, 1.165) is 17.9 Å². The fraction of sp³-hybridized carbons (Fsp3) is 0.158. The lowest BCUT2D eigenvalue weighted by Crippen LogP contribution is -2.24. The summed E-state index contributed by atoms with van der Waals surface area (Å²) < 4.78 is 5.55. The van der Waals surface area contributed by atoms with Crippen LogP contribution in [0.1, 0.15) is 13.3 Å². The molecule has 122 valence electrons. The van der Waals surface area contributed by atoms with Crippen molar-refractivity contribution in [1.29, 1.82) is 0 Å². The van der Waals surface area contributed by atoms with Gasteiger partial charge in [0.15, 0.2) is 11.6 Å². The van der Waals surface area contributed by atoms with E-state index in [9.17, 15) is 9.59 Å². The average Bonchev–Trinajstić information content (AvgIpc) is 2.59. The molecule has 0 radical (unpaired) electrons. The smallest absolute Gasteiger partial charge is 0.188 e. The molecule has 0 amide bonds. The number of hydrogen-bond acceptors (Lipinski definition) is 5. The number of carbonyl (C=O) groups excluding carboxylic acids is 2. The SMILES string of the molecule is CCCOc1ccc(NC2=C3C(=O)C=CC(N)=C3C(=O)C=C2)cc1. The molecule has 0 saturated heterocycles. The summed E-state index contributed by atoms with van der Waals surface area (Å²) >= 11 is 0. The zero-order chi connectivity index (χ0) is 17.1. The molecule has 1 aromatic carbocycles. The molecule has 0 fully saturated rings. The number of nitrogens with two attached hydrogens (primary N) is 1. The Kier molecular flexibility index (Phi) is 4.33. The van der Waals surface area contributed by atoms with Crippen LogP contribution in [-0.2, 0) is 9.59 Å². The molecule has 0 atom stereocenters. The van der Waals surface area contributed by atoms with Gasteiger partial charge in [-0.1, -0.05) is 6.92 Å². The van der Waals surface area contributed by atoms with E-state index in [1.54, 1.807) is 6.08 Å². The molecule has 3 N–H and O–H groups in total. The number of nitrogens with one attached hydrogen (secondary N) is 1. The number of benzene rings is 1. The van der Waals surface area contributed by atoms with Crippen molar-refractivity contribution in [3.63, 3.8) is 0 Å². The van der Waals surface area contributed by atoms with Gasteiger partial charge in [-0.05, 0) is 55.0 Å². The minimum absolute atomic E-state index is 0.234. The molecule has 0 unspecified atom stereocenters. The fourth-order valence-corrected chi connectivity index (χ4v) is 2.57. The summed E-state index contributed by atoms with van der Waals surface area (Å²) in [5.74, 6) is 0.298. The van der Waals surface area contributed by atoms with Crippen molar-refractivity contribution in [3.8, 4) is 5.75 Å². The number of fused-ring (bicyclic) bond motifs is 1. The van der Waals surface area contributed by atoms with Crippen LogP contribution in [0, 0.1) is 0 Å². The van der Waals surface area contributed by atoms with Gasteiger partial charge in [-0.3, -0.25) is 9.59 Å². The molecule has 0 bridgehead atoms. The highest BCUT2D eigenvalue weighted by Gasteiger charge is 2.29. The molecule has 0 saturated carbocycles. The first kappa shape index (κ1) is 15.8. The molecule has 0 aliphatic heterocycles. The van der Waals surface area contributed by atoms with Crippen LogP contribution in [-0.4, -0.2) is 18.2 Å². The second kappa shape index (κ2) is 6.58. The summed E-state index contributed by atoms with van der Waals surface area (Å²) in [4.78, 5) is 24.3. The van der Waals surface area contributed by atoms with E-state index in [2.05, 4.69) is 5.32 Å². The Morgan fingerprint density at radius 2 is 1.62 bits per heavy atom. The number of hydrogen-bond donors (Lipinski definition) is 2. The van der Waals surface area contributed by atoms with Gasteiger partial charge in [0.25, 0.3) is 0 Å². The number of allylic oxidation sites excluding steroid dienone is 6. The van der Waals surface area contributed by atoms with Crippen molar-refractivity contribution in [2.45, 2.75) is 13.3 Å². The Morgan fingerprint density at radius 3 is 2.33 bits per heavy atom. The number of anilines is 1. The van der Waals surface area contributed by atoms with Crippen LogP contribution in [0.15, 0.2) is 71.1 Å². The Labute approximate surface area is 140 Å². The van der Waals surface area contributed by atoms with Gasteiger partial charge in [0.2, 0.25) is 0 Å². The van der Waals surface area contributed by atoms with Crippen molar-refractivity contribution < 1.29 is 14.3 Å². The van der Waals surface area contributed by atoms with E-state index in [-0.39, 0.29) is 17.1 Å². The van der Waals surface area contributed by atoms with Crippen LogP contribution >= 0.6 is 0 Å². The number of ketones is 2. The zero-order valence-electron chi connectivity index (χ0n) is 13.3. The molecule has 5 nitrogen and oxygen atoms in total. The summed E-state index contributed by atoms with van der Waals surface area (Å²) in [6, 6.07) is 7.43. The maximum atomic E-state index is 12.2. The zero-order valence-corrected chi connectivity index (χ0v) is 13.3. The summed E-state index contributed by atoms with van der Waals surface area (Å²) in [6.45, 7) is 2.72. The second-order valence-electron chi connectivity index (χ2n) is 5.51. The van der Waals surface area contributed by atoms with Gasteiger partial charge in [-0.15, -0.1) is 0 Å². The predicted molar refractivity (Wildman–Crippen MR) is 92.4 cm³/mol. The monoisotopic (exact) mass is 322 g/mol. The number of ether oxygens (including phenoxy) is 1. The first-order valence-corrected chi connectivity index (χ1v) is 7.79. The Balaban J connectivity index is 1.89. The molecule has 1 aromatic rings. The van der Waals surface area contributed by atoms with Crippen molar-refractivity contribution in [2.24, 2.45) is 5.73 Å². The van der Waals surface area contributed by atoms with E-state index >= 15 is 0 Å². The molecule has 0 spiro atoms. The minimum Gasteiger partial charge on any atom is -0.494 e. The van der Waals surface area contributed by atoms with Crippen LogP contribution in [0.25, 0.3) is 0 Å². The van der Waals surface area contributed by atoms with Crippen molar-refractivity contribution in [1.82, 2.24) is 0 Å². The Bertz CT molecular complexity index is 812. The molecule has 0 aromatic heterocycles. The third-order valence-corrected chi connectivity index (χ3v) is 3.72. The van der Waals surface area contributed by atoms with Crippen molar-refractivity contribution in [3.05, 3.63) is 71.1 Å². The van der Waals surface area contributed by atoms with E-state index in [1.165, 1.54) is 18.2 Å². The second-order valence-corrected chi connectivity index (χ2v) is 5.51. The Hall–Kier alpha value is -3.08. The standard InChI is InChI=1S/C19H18N2O3/c1-2-11-24-13-5-3-12(4-6-13)21-15-8-10-16(22)18-14(20)7-9-17(23)19(15)18/h3-10,21H,2,11,20H2,1H3. The average molecular weight is 322 g/mol. The topological polar surface area (TPSA) is 81.4 Å². The molecule has 24 heavy (non-hydrogen) atoms. The highest BCUT2D eigenvalue weighted by molar-refractivity contribution is 6.23. The molecule has 5 heteroatoms. The quantitative estimate of drug-likeness (QED) is 0.871. The molecular formula is C19H18N2O3. The van der Waals surface area contributed by atoms with E-state index < -0.39 is 0 Å². The highest BCUT2D eigenvalue weighted by atomic mass is 16.5. The minimum atomic E-state index is -0.255. The lowest BCUT2D eigenvalue weighted by Gasteiger charge is -2.21. The van der Waals surface area contributed by atoms with Gasteiger partial charge < -0.3 is 15.8 Å². The Morgan fingerprint density at radius 1 is 0.958 bits per heavy atom. The van der Waals surface area contributed by atoms with Gasteiger partial charge in [-0.2, -0.15) is 0 Å². The van der Waals surface area contributed by atoms with E-state index in [1.807, 2.05) is 31.2 Å². The van der Waals surface area contributed by atoms with Gasteiger partial charge >= 0.3 is 0 Å². The molecule has 0 heterocycles. The van der Waals surface area contributed by atoms with Gasteiger partial charge in [0, 0.05) is 11.4 Å². The summed E-state index contributed by atoms with van der Waals surface area (Å²) in [5, 5.41) is 3.18. The normalized spacial score (nSPS) is 16.5. The molecule has 3 rings (SSSR count). The maximum absolute atomic E-state index is 12.2. The maximum Gasteiger partial charge on any atom is 0.188 e. The van der Waals surface area contributed by atoms with Gasteiger partial charge in [0.1, 0.15) is 5.75 Å². The first-order chi connectivity index (χ1) is 11.6. The van der Waals surface area contributed by atoms with Crippen molar-refractivity contribution in [2.75, 3.05) is 11.9 Å². The summed E-state index contributed by atoms with van der Waals surface area (Å²) in [7, 11) is 0. The third-order valence-electron chi connectivity index (χ3n) is 3.72. The number of carbonyl (C=O) groups is 2. The number of rotatable bonds is 5. The van der Waals surface area contributed by atoms with Crippen molar-refractivity contribution >= 4 is 17.3 Å². The fourth-order valence-electron chi connectivity index (χ4n) is 2.57. The largest absolute Gasteiger partial charge is 0.494 e. The molecular weight excluding hydrogens is 304 g/mol. The summed E-state index contributed by atoms with van der Waals surface area (Å²) in [6.07, 6.45) is 6.81. The highest BCUT2D eigenvalue weighted by Crippen LogP contribution is 2.29. The van der Waals surface area contributed by atoms with E-state index in [0.29, 0.717) is 23.6 Å². The van der Waals surface area contributed by atoms with Gasteiger partial charge in [-0.25, -0.2) is 0 Å². The van der Waals surface area contributed by atoms with Crippen LogP contribution < -0.4 is 15.8 Å². The third kappa shape index (κ3) is 3.01. The van der Waals surface area contributed by atoms with Crippen LogP contribution in [0.3, 0.4) is 0 Å². The first-order valence-electron chi connectivity index (χ1n) is 7.79. The van der Waals surface area contributed by atoms with Gasteiger partial charge in [0.05, 0.1) is 23.5 Å². The van der Waals surface area contributed by atoms with E-state index in [4.69, 9.17) is 10.5 Å². The van der Waals surface area contributed by atoms with Crippen LogP contribution in [0.4, 0.5) is 5.69 Å². The molecule has 2 aliphatic carbocycles. The molecule has 2 aliphatic rings. The predicted octanol–water partition coefficient (Wildman–Crippen LogP) is 2.63. The summed E-state index contributed by atoms with van der Waals surface area (Å²) in [5.41, 5.74) is 8.10. The lowest BCUT2D eigenvalue weighted by molar-refractivity contribution is -0.114. The lowest BCUT2D eigenvalue weighted by atomic mass is 9.86. The van der Waals surface area contributed by atoms with Crippen LogP contribution in [0.5, 0.6) is 5.75 Å². The van der Waals surface area contributed by atoms with Crippen LogP contribution in [0.2, 0.25) is 0 Å².